The molecule has 1 aliphatic rings. The molecule has 1 atom stereocenters. The van der Waals surface area contributed by atoms with E-state index in [4.69, 9.17) is 6.42 Å². The summed E-state index contributed by atoms with van der Waals surface area (Å²) in [5.41, 5.74) is 0.885. The number of carbonyl (C=O) groups excluding carboxylic acids is 2. The Labute approximate surface area is 108 Å². The first-order chi connectivity index (χ1) is 8.06. The van der Waals surface area contributed by atoms with Gasteiger partial charge in [-0.25, -0.2) is 0 Å². The molecule has 0 bridgehead atoms. The molecule has 0 radical (unpaired) electrons. The van der Waals surface area contributed by atoms with Crippen LogP contribution in [0.5, 0.6) is 0 Å². The number of terminal acetylenes is 1. The number of imide groups is 1. The third-order valence-corrected chi connectivity index (χ3v) is 3.23. The van der Waals surface area contributed by atoms with E-state index in [1.165, 1.54) is 4.90 Å². The predicted octanol–water partition coefficient (Wildman–Crippen LogP) is 2.46. The Morgan fingerprint density at radius 2 is 2.00 bits per heavy atom. The molecule has 1 unspecified atom stereocenters. The number of hydrogen-bond donors (Lipinski definition) is 0. The van der Waals surface area contributed by atoms with Gasteiger partial charge in [-0.3, -0.25) is 14.5 Å². The van der Waals surface area contributed by atoms with Crippen LogP contribution in [0.15, 0.2) is 22.7 Å². The summed E-state index contributed by atoms with van der Waals surface area (Å²) in [6.45, 7) is 1.77. The van der Waals surface area contributed by atoms with Gasteiger partial charge >= 0.3 is 0 Å². The van der Waals surface area contributed by atoms with Crippen LogP contribution < -0.4 is 0 Å². The largest absolute Gasteiger partial charge is 0.271 e. The van der Waals surface area contributed by atoms with Crippen LogP contribution in [0.25, 0.3) is 0 Å². The van der Waals surface area contributed by atoms with Crippen molar-refractivity contribution in [2.75, 3.05) is 0 Å². The maximum absolute atomic E-state index is 12.1. The molecule has 0 aliphatic carbocycles. The van der Waals surface area contributed by atoms with Gasteiger partial charge in [-0.15, -0.1) is 12.3 Å². The average molecular weight is 292 g/mol. The minimum atomic E-state index is -0.272. The molecular formula is C13H10BrNO2. The molecule has 0 spiro atoms. The monoisotopic (exact) mass is 291 g/mol. The third-order valence-electron chi connectivity index (χ3n) is 2.73. The molecule has 0 N–H and O–H groups in total. The molecule has 86 valence electrons. The van der Waals surface area contributed by atoms with Crippen molar-refractivity contribution in [2.45, 2.75) is 19.4 Å². The highest BCUT2D eigenvalue weighted by molar-refractivity contribution is 9.10. The van der Waals surface area contributed by atoms with Crippen molar-refractivity contribution in [1.29, 1.82) is 0 Å². The number of fused-ring (bicyclic) bond motifs is 1. The number of nitrogens with zero attached hydrogens (tertiary/aromatic N) is 1. The molecule has 4 heteroatoms. The summed E-state index contributed by atoms with van der Waals surface area (Å²) >= 11 is 3.29. The zero-order chi connectivity index (χ0) is 12.6. The number of amides is 2. The molecule has 1 aromatic carbocycles. The Bertz CT molecular complexity index is 545. The van der Waals surface area contributed by atoms with E-state index in [0.717, 1.165) is 4.47 Å². The highest BCUT2D eigenvalue weighted by atomic mass is 79.9. The van der Waals surface area contributed by atoms with Crippen molar-refractivity contribution >= 4 is 27.7 Å². The number of halogens is 1. The molecule has 1 heterocycles. The molecule has 0 saturated heterocycles. The average Bonchev–Trinajstić information content (AvgIpc) is 2.52. The van der Waals surface area contributed by atoms with Crippen LogP contribution in [-0.2, 0) is 0 Å². The van der Waals surface area contributed by atoms with Crippen LogP contribution in [0.4, 0.5) is 0 Å². The van der Waals surface area contributed by atoms with E-state index in [0.29, 0.717) is 17.5 Å². The molecule has 17 heavy (non-hydrogen) atoms. The van der Waals surface area contributed by atoms with Crippen LogP contribution in [0, 0.1) is 12.3 Å². The van der Waals surface area contributed by atoms with E-state index in [9.17, 15) is 9.59 Å². The van der Waals surface area contributed by atoms with Gasteiger partial charge < -0.3 is 0 Å². The van der Waals surface area contributed by atoms with Gasteiger partial charge in [0.05, 0.1) is 11.1 Å². The zero-order valence-corrected chi connectivity index (χ0v) is 10.8. The maximum Gasteiger partial charge on any atom is 0.261 e. The summed E-state index contributed by atoms with van der Waals surface area (Å²) in [6, 6.07) is 4.80. The SMILES string of the molecule is C#CCC(C)N1C(=O)c2ccc(Br)cc2C1=O. The molecule has 3 nitrogen and oxygen atoms in total. The number of carbonyl (C=O) groups is 2. The minimum absolute atomic E-state index is 0.264. The normalized spacial score (nSPS) is 15.7. The fraction of sp³-hybridized carbons (Fsp3) is 0.231. The van der Waals surface area contributed by atoms with Gasteiger partial charge in [0, 0.05) is 16.9 Å². The zero-order valence-electron chi connectivity index (χ0n) is 9.24. The molecule has 1 aromatic rings. The second-order valence-electron chi connectivity index (χ2n) is 3.93. The summed E-state index contributed by atoms with van der Waals surface area (Å²) in [5, 5.41) is 0. The van der Waals surface area contributed by atoms with Gasteiger partial charge in [-0.05, 0) is 25.1 Å². The van der Waals surface area contributed by atoms with Crippen molar-refractivity contribution in [1.82, 2.24) is 4.90 Å². The van der Waals surface area contributed by atoms with E-state index in [2.05, 4.69) is 21.9 Å². The van der Waals surface area contributed by atoms with Gasteiger partial charge in [0.15, 0.2) is 0 Å². The van der Waals surface area contributed by atoms with E-state index in [-0.39, 0.29) is 17.9 Å². The Kier molecular flexibility index (Phi) is 3.03. The van der Waals surface area contributed by atoms with Crippen molar-refractivity contribution < 1.29 is 9.59 Å². The lowest BCUT2D eigenvalue weighted by atomic mass is 10.1. The Hall–Kier alpha value is -1.60. The van der Waals surface area contributed by atoms with Gasteiger partial charge in [0.25, 0.3) is 11.8 Å². The minimum Gasteiger partial charge on any atom is -0.271 e. The third kappa shape index (κ3) is 1.87. The van der Waals surface area contributed by atoms with E-state index in [1.54, 1.807) is 25.1 Å². The van der Waals surface area contributed by atoms with Crippen LogP contribution in [0.3, 0.4) is 0 Å². The van der Waals surface area contributed by atoms with Crippen LogP contribution in [-0.4, -0.2) is 22.8 Å². The summed E-state index contributed by atoms with van der Waals surface area (Å²) in [4.78, 5) is 25.4. The Morgan fingerprint density at radius 1 is 1.35 bits per heavy atom. The lowest BCUT2D eigenvalue weighted by Gasteiger charge is -2.20. The first-order valence-corrected chi connectivity index (χ1v) is 5.96. The summed E-state index contributed by atoms with van der Waals surface area (Å²) in [7, 11) is 0. The lowest BCUT2D eigenvalue weighted by molar-refractivity contribution is 0.0600. The molecular weight excluding hydrogens is 282 g/mol. The predicted molar refractivity (Wildman–Crippen MR) is 67.6 cm³/mol. The van der Waals surface area contributed by atoms with Crippen LogP contribution >= 0.6 is 15.9 Å². The van der Waals surface area contributed by atoms with E-state index >= 15 is 0 Å². The topological polar surface area (TPSA) is 37.4 Å². The molecule has 2 rings (SSSR count). The summed E-state index contributed by atoms with van der Waals surface area (Å²) in [5.74, 6) is 1.94. The van der Waals surface area contributed by atoms with E-state index < -0.39 is 0 Å². The summed E-state index contributed by atoms with van der Waals surface area (Å²) < 4.78 is 0.781. The smallest absolute Gasteiger partial charge is 0.261 e. The maximum atomic E-state index is 12.1. The second kappa shape index (κ2) is 4.34. The van der Waals surface area contributed by atoms with Crippen molar-refractivity contribution in [3.8, 4) is 12.3 Å². The first-order valence-electron chi connectivity index (χ1n) is 5.17. The standard InChI is InChI=1S/C13H10BrNO2/c1-3-4-8(2)15-12(16)10-6-5-9(14)7-11(10)13(15)17/h1,5-8H,4H2,2H3. The highest BCUT2D eigenvalue weighted by Gasteiger charge is 2.38. The molecule has 0 fully saturated rings. The quantitative estimate of drug-likeness (QED) is 0.620. The fourth-order valence-electron chi connectivity index (χ4n) is 1.89. The number of hydrogen-bond acceptors (Lipinski definition) is 2. The van der Waals surface area contributed by atoms with Crippen molar-refractivity contribution in [3.63, 3.8) is 0 Å². The molecule has 0 saturated carbocycles. The Morgan fingerprint density at radius 3 is 2.65 bits per heavy atom. The lowest BCUT2D eigenvalue weighted by Crippen LogP contribution is -2.37. The second-order valence-corrected chi connectivity index (χ2v) is 4.84. The Balaban J connectivity index is 2.43. The molecule has 0 aromatic heterocycles. The fourth-order valence-corrected chi connectivity index (χ4v) is 2.25. The first kappa shape index (κ1) is 11.9. The highest BCUT2D eigenvalue weighted by Crippen LogP contribution is 2.27. The molecule has 2 amide bonds. The van der Waals surface area contributed by atoms with Crippen LogP contribution in [0.1, 0.15) is 34.1 Å². The van der Waals surface area contributed by atoms with E-state index in [1.807, 2.05) is 0 Å². The van der Waals surface area contributed by atoms with Gasteiger partial charge in [-0.1, -0.05) is 15.9 Å². The van der Waals surface area contributed by atoms with Crippen LogP contribution in [0.2, 0.25) is 0 Å². The van der Waals surface area contributed by atoms with Gasteiger partial charge in [0.1, 0.15) is 0 Å². The van der Waals surface area contributed by atoms with Crippen molar-refractivity contribution in [2.24, 2.45) is 0 Å². The number of rotatable bonds is 2. The summed E-state index contributed by atoms with van der Waals surface area (Å²) in [6.07, 6.45) is 5.58. The molecule has 1 aliphatic heterocycles. The van der Waals surface area contributed by atoms with Crippen molar-refractivity contribution in [3.05, 3.63) is 33.8 Å². The number of benzene rings is 1. The van der Waals surface area contributed by atoms with Gasteiger partial charge in [-0.2, -0.15) is 0 Å². The van der Waals surface area contributed by atoms with Gasteiger partial charge in [0.2, 0.25) is 0 Å².